The maximum atomic E-state index is 10.8. The Labute approximate surface area is 107 Å². The second-order valence-corrected chi connectivity index (χ2v) is 3.76. The maximum Gasteiger partial charge on any atom is 0.331 e. The molecule has 2 N–H and O–H groups in total. The van der Waals surface area contributed by atoms with Crippen molar-refractivity contribution in [2.24, 2.45) is 0 Å². The van der Waals surface area contributed by atoms with E-state index in [4.69, 9.17) is 22.1 Å². The Morgan fingerprint density at radius 3 is 2.67 bits per heavy atom. The van der Waals surface area contributed by atoms with Crippen LogP contribution in [0.1, 0.15) is 0 Å². The summed E-state index contributed by atoms with van der Waals surface area (Å²) >= 11 is 5.89. The van der Waals surface area contributed by atoms with Crippen LogP contribution in [0.15, 0.2) is 36.4 Å². The highest BCUT2D eigenvalue weighted by Crippen LogP contribution is 2.33. The van der Waals surface area contributed by atoms with Crippen LogP contribution >= 0.6 is 11.6 Å². The normalized spacial score (nSPS) is 10.1. The van der Waals surface area contributed by atoms with Gasteiger partial charge >= 0.3 is 11.6 Å². The van der Waals surface area contributed by atoms with E-state index in [0.717, 1.165) is 0 Å². The summed E-state index contributed by atoms with van der Waals surface area (Å²) in [7, 11) is 0. The molecule has 0 radical (unpaired) electrons. The summed E-state index contributed by atoms with van der Waals surface area (Å²) in [6, 6.07) is 9.16. The van der Waals surface area contributed by atoms with Gasteiger partial charge in [-0.25, -0.2) is 0 Å². The summed E-state index contributed by atoms with van der Waals surface area (Å²) in [5.41, 5.74) is 5.20. The van der Waals surface area contributed by atoms with Gasteiger partial charge in [0.1, 0.15) is 11.6 Å². The van der Waals surface area contributed by atoms with E-state index < -0.39 is 4.92 Å². The first kappa shape index (κ1) is 12.1. The number of benzene rings is 1. The van der Waals surface area contributed by atoms with Crippen molar-refractivity contribution in [3.63, 3.8) is 0 Å². The van der Waals surface area contributed by atoms with Gasteiger partial charge in [0, 0.05) is 6.07 Å². The molecule has 0 bridgehead atoms. The van der Waals surface area contributed by atoms with E-state index in [-0.39, 0.29) is 23.1 Å². The summed E-state index contributed by atoms with van der Waals surface area (Å²) in [5.74, 6) is 0.219. The van der Waals surface area contributed by atoms with Gasteiger partial charge in [-0.1, -0.05) is 23.7 Å². The van der Waals surface area contributed by atoms with E-state index in [1.54, 1.807) is 24.3 Å². The summed E-state index contributed by atoms with van der Waals surface area (Å²) in [4.78, 5) is 14.0. The quantitative estimate of drug-likeness (QED) is 0.680. The Morgan fingerprint density at radius 2 is 2.00 bits per heavy atom. The molecule has 0 saturated heterocycles. The Balaban J connectivity index is 2.42. The van der Waals surface area contributed by atoms with E-state index in [2.05, 4.69) is 4.98 Å². The predicted molar refractivity (Wildman–Crippen MR) is 66.8 cm³/mol. The van der Waals surface area contributed by atoms with Gasteiger partial charge in [0.05, 0.1) is 9.95 Å². The standard InChI is InChI=1S/C11H8ClN3O3/c12-7-3-1-2-4-9(7)18-11-8(15(16)17)5-6-10(13)14-11/h1-6H,(H2,13,14). The van der Waals surface area contributed by atoms with Crippen LogP contribution in [0, 0.1) is 10.1 Å². The average molecular weight is 266 g/mol. The summed E-state index contributed by atoms with van der Waals surface area (Å²) in [6.07, 6.45) is 0. The fourth-order valence-corrected chi connectivity index (χ4v) is 1.47. The molecule has 0 saturated carbocycles. The molecule has 0 unspecified atom stereocenters. The van der Waals surface area contributed by atoms with Crippen LogP contribution in [0.5, 0.6) is 11.6 Å². The molecular formula is C11H8ClN3O3. The number of halogens is 1. The molecule has 1 heterocycles. The molecule has 0 aliphatic carbocycles. The van der Waals surface area contributed by atoms with Gasteiger partial charge < -0.3 is 10.5 Å². The minimum Gasteiger partial charge on any atom is -0.432 e. The molecule has 2 aromatic rings. The Bertz CT molecular complexity index is 604. The van der Waals surface area contributed by atoms with Gasteiger partial charge in [-0.15, -0.1) is 0 Å². The lowest BCUT2D eigenvalue weighted by atomic mass is 10.3. The Morgan fingerprint density at radius 1 is 1.28 bits per heavy atom. The van der Waals surface area contributed by atoms with Crippen molar-refractivity contribution < 1.29 is 9.66 Å². The first-order valence-electron chi connectivity index (χ1n) is 4.91. The number of nitrogen functional groups attached to an aromatic ring is 1. The number of rotatable bonds is 3. The van der Waals surface area contributed by atoms with E-state index in [0.29, 0.717) is 5.02 Å². The summed E-state index contributed by atoms with van der Waals surface area (Å²) in [6.45, 7) is 0. The van der Waals surface area contributed by atoms with E-state index in [1.807, 2.05) is 0 Å². The molecule has 0 fully saturated rings. The number of anilines is 1. The number of nitrogens with two attached hydrogens (primary N) is 1. The lowest BCUT2D eigenvalue weighted by molar-refractivity contribution is -0.386. The molecule has 92 valence electrons. The third-order valence-corrected chi connectivity index (χ3v) is 2.41. The molecule has 0 amide bonds. The number of nitrogens with zero attached hydrogens (tertiary/aromatic N) is 2. The maximum absolute atomic E-state index is 10.8. The van der Waals surface area contributed by atoms with Gasteiger partial charge in [-0.2, -0.15) is 4.98 Å². The highest BCUT2D eigenvalue weighted by molar-refractivity contribution is 6.32. The second-order valence-electron chi connectivity index (χ2n) is 3.35. The van der Waals surface area contributed by atoms with Gasteiger partial charge in [0.15, 0.2) is 0 Å². The highest BCUT2D eigenvalue weighted by atomic mass is 35.5. The van der Waals surface area contributed by atoms with Crippen molar-refractivity contribution in [1.82, 2.24) is 4.98 Å². The van der Waals surface area contributed by atoms with Crippen molar-refractivity contribution in [3.05, 3.63) is 51.5 Å². The SMILES string of the molecule is Nc1ccc([N+](=O)[O-])c(Oc2ccccc2Cl)n1. The molecular weight excluding hydrogens is 258 g/mol. The van der Waals surface area contributed by atoms with Crippen LogP contribution in [-0.2, 0) is 0 Å². The number of nitro groups is 1. The monoisotopic (exact) mass is 265 g/mol. The molecule has 6 nitrogen and oxygen atoms in total. The summed E-state index contributed by atoms with van der Waals surface area (Å²) < 4.78 is 5.32. The number of para-hydroxylation sites is 1. The van der Waals surface area contributed by atoms with Crippen molar-refractivity contribution in [3.8, 4) is 11.6 Å². The van der Waals surface area contributed by atoms with Crippen LogP contribution in [0.4, 0.5) is 11.5 Å². The topological polar surface area (TPSA) is 91.3 Å². The Hall–Kier alpha value is -2.34. The smallest absolute Gasteiger partial charge is 0.331 e. The van der Waals surface area contributed by atoms with Gasteiger partial charge in [0.25, 0.3) is 0 Å². The van der Waals surface area contributed by atoms with Gasteiger partial charge in [-0.3, -0.25) is 10.1 Å². The first-order valence-corrected chi connectivity index (χ1v) is 5.29. The molecule has 0 atom stereocenters. The lowest BCUT2D eigenvalue weighted by Gasteiger charge is -2.07. The molecule has 0 aliphatic rings. The van der Waals surface area contributed by atoms with E-state index in [9.17, 15) is 10.1 Å². The number of hydrogen-bond acceptors (Lipinski definition) is 5. The average Bonchev–Trinajstić information content (AvgIpc) is 2.32. The van der Waals surface area contributed by atoms with Crippen LogP contribution in [0.25, 0.3) is 0 Å². The molecule has 1 aromatic carbocycles. The van der Waals surface area contributed by atoms with Crippen LogP contribution < -0.4 is 10.5 Å². The van der Waals surface area contributed by atoms with E-state index >= 15 is 0 Å². The second kappa shape index (κ2) is 4.89. The van der Waals surface area contributed by atoms with Crippen molar-refractivity contribution in [2.45, 2.75) is 0 Å². The zero-order chi connectivity index (χ0) is 13.1. The molecule has 18 heavy (non-hydrogen) atoms. The first-order chi connectivity index (χ1) is 8.58. The Kier molecular flexibility index (Phi) is 3.29. The van der Waals surface area contributed by atoms with E-state index in [1.165, 1.54) is 12.1 Å². The number of pyridine rings is 1. The molecule has 1 aromatic heterocycles. The van der Waals surface area contributed by atoms with Gasteiger partial charge in [0.2, 0.25) is 0 Å². The number of hydrogen-bond donors (Lipinski definition) is 1. The zero-order valence-corrected chi connectivity index (χ0v) is 9.79. The predicted octanol–water partition coefficient (Wildman–Crippen LogP) is 3.02. The van der Waals surface area contributed by atoms with Gasteiger partial charge in [-0.05, 0) is 18.2 Å². The third kappa shape index (κ3) is 2.49. The highest BCUT2D eigenvalue weighted by Gasteiger charge is 2.18. The largest absolute Gasteiger partial charge is 0.432 e. The molecule has 0 aliphatic heterocycles. The lowest BCUT2D eigenvalue weighted by Crippen LogP contribution is -1.99. The zero-order valence-electron chi connectivity index (χ0n) is 9.04. The van der Waals surface area contributed by atoms with Crippen LogP contribution in [0.3, 0.4) is 0 Å². The summed E-state index contributed by atoms with van der Waals surface area (Å²) in [5, 5.41) is 11.1. The van der Waals surface area contributed by atoms with Crippen molar-refractivity contribution in [2.75, 3.05) is 5.73 Å². The molecule has 7 heteroatoms. The molecule has 0 spiro atoms. The fraction of sp³-hybridized carbons (Fsp3) is 0. The number of ether oxygens (including phenoxy) is 1. The van der Waals surface area contributed by atoms with Crippen molar-refractivity contribution >= 4 is 23.1 Å². The third-order valence-electron chi connectivity index (χ3n) is 2.10. The number of aromatic nitrogens is 1. The molecule has 2 rings (SSSR count). The van der Waals surface area contributed by atoms with Crippen molar-refractivity contribution in [1.29, 1.82) is 0 Å². The fourth-order valence-electron chi connectivity index (χ4n) is 1.29. The minimum atomic E-state index is -0.599. The van der Waals surface area contributed by atoms with Crippen LogP contribution in [0.2, 0.25) is 5.02 Å². The van der Waals surface area contributed by atoms with Crippen LogP contribution in [-0.4, -0.2) is 9.91 Å². The minimum absolute atomic E-state index is 0.127.